The van der Waals surface area contributed by atoms with Gasteiger partial charge in [-0.3, -0.25) is 9.79 Å². The molecule has 170 valence electrons. The Kier molecular flexibility index (Phi) is 6.54. The summed E-state index contributed by atoms with van der Waals surface area (Å²) < 4.78 is 20.8. The van der Waals surface area contributed by atoms with Gasteiger partial charge in [0, 0.05) is 30.1 Å². The number of carbonyl (C=O) groups excluding carboxylic acids is 1. The van der Waals surface area contributed by atoms with Crippen molar-refractivity contribution >= 4 is 22.7 Å². The highest BCUT2D eigenvalue weighted by molar-refractivity contribution is 6.09. The molecule has 2 atom stereocenters. The van der Waals surface area contributed by atoms with Crippen LogP contribution in [0.2, 0.25) is 0 Å². The molecule has 0 radical (unpaired) electrons. The zero-order chi connectivity index (χ0) is 23.5. The second kappa shape index (κ2) is 9.53. The maximum absolute atomic E-state index is 14.8. The van der Waals surface area contributed by atoms with Crippen LogP contribution in [0.3, 0.4) is 0 Å². The third kappa shape index (κ3) is 4.65. The normalized spacial score (nSPS) is 19.4. The fourth-order valence-corrected chi connectivity index (χ4v) is 4.33. The lowest BCUT2D eigenvalue weighted by atomic mass is 9.91. The zero-order valence-corrected chi connectivity index (χ0v) is 19.2. The van der Waals surface area contributed by atoms with Gasteiger partial charge in [-0.25, -0.2) is 9.37 Å². The molecule has 5 nitrogen and oxygen atoms in total. The average Bonchev–Trinajstić information content (AvgIpc) is 3.22. The molecule has 33 heavy (non-hydrogen) atoms. The van der Waals surface area contributed by atoms with Gasteiger partial charge < -0.3 is 9.32 Å². The van der Waals surface area contributed by atoms with Gasteiger partial charge in [-0.15, -0.1) is 0 Å². The fraction of sp³-hybridized carbons (Fsp3) is 0.296. The number of allylic oxidation sites excluding steroid dienone is 2. The van der Waals surface area contributed by atoms with Gasteiger partial charge in [0.15, 0.2) is 11.5 Å². The number of aliphatic imine (C=N–C) groups is 1. The van der Waals surface area contributed by atoms with Crippen molar-refractivity contribution in [3.8, 4) is 0 Å². The summed E-state index contributed by atoms with van der Waals surface area (Å²) in [5.74, 6) is -0.0484. The lowest BCUT2D eigenvalue weighted by Gasteiger charge is -2.37. The Morgan fingerprint density at radius 2 is 2.12 bits per heavy atom. The van der Waals surface area contributed by atoms with Gasteiger partial charge in [-0.2, -0.15) is 0 Å². The van der Waals surface area contributed by atoms with Crippen LogP contribution >= 0.6 is 0 Å². The van der Waals surface area contributed by atoms with Gasteiger partial charge in [0.1, 0.15) is 11.3 Å². The summed E-state index contributed by atoms with van der Waals surface area (Å²) in [6.45, 7) is 9.82. The summed E-state index contributed by atoms with van der Waals surface area (Å²) in [6.07, 6.45) is 6.48. The highest BCUT2D eigenvalue weighted by Crippen LogP contribution is 2.33. The van der Waals surface area contributed by atoms with Crippen molar-refractivity contribution in [2.75, 3.05) is 6.54 Å². The molecule has 1 fully saturated rings. The van der Waals surface area contributed by atoms with E-state index in [1.165, 1.54) is 12.3 Å². The summed E-state index contributed by atoms with van der Waals surface area (Å²) in [4.78, 5) is 24.4. The van der Waals surface area contributed by atoms with Gasteiger partial charge in [0.05, 0.1) is 11.5 Å². The van der Waals surface area contributed by atoms with Crippen LogP contribution in [0.4, 0.5) is 4.39 Å². The number of likely N-dealkylation sites (tertiary alicyclic amines) is 1. The van der Waals surface area contributed by atoms with E-state index in [4.69, 9.17) is 9.40 Å². The number of piperidine rings is 1. The van der Waals surface area contributed by atoms with Crippen molar-refractivity contribution in [2.45, 2.75) is 45.6 Å². The molecule has 1 saturated heterocycles. The van der Waals surface area contributed by atoms with Crippen molar-refractivity contribution in [1.29, 1.82) is 0 Å². The first-order valence-electron chi connectivity index (χ1n) is 11.2. The van der Waals surface area contributed by atoms with E-state index in [9.17, 15) is 9.18 Å². The SMILES string of the molecule is C=C/C=C\N=C(C)c1c(F)cccc1C(=O)N1CC(c2nc3cc(C)ccc3o2)CC[C@H]1C. The summed E-state index contributed by atoms with van der Waals surface area (Å²) in [7, 11) is 0. The predicted octanol–water partition coefficient (Wildman–Crippen LogP) is 6.19. The summed E-state index contributed by atoms with van der Waals surface area (Å²) in [6, 6.07) is 10.5. The second-order valence-corrected chi connectivity index (χ2v) is 8.56. The van der Waals surface area contributed by atoms with Crippen molar-refractivity contribution in [1.82, 2.24) is 9.88 Å². The van der Waals surface area contributed by atoms with Crippen LogP contribution in [-0.2, 0) is 0 Å². The number of benzene rings is 2. The number of amides is 1. The van der Waals surface area contributed by atoms with Gasteiger partial charge in [0.2, 0.25) is 0 Å². The van der Waals surface area contributed by atoms with Crippen LogP contribution in [0.15, 0.2) is 70.7 Å². The average molecular weight is 446 g/mol. The Hall–Kier alpha value is -3.54. The van der Waals surface area contributed by atoms with Gasteiger partial charge in [0.25, 0.3) is 5.91 Å². The first-order valence-corrected chi connectivity index (χ1v) is 11.2. The minimum atomic E-state index is -0.468. The maximum atomic E-state index is 14.8. The standard InChI is InChI=1S/C27H28FN3O2/c1-5-6-14-29-19(4)25-21(8-7-9-22(25)28)27(32)31-16-20(12-11-18(31)3)26-30-23-15-17(2)10-13-24(23)33-26/h5-10,13-15,18,20H,1,11-12,16H2,2-4H3/b14-6-,29-19?/t18-,20?/m1/s1. The predicted molar refractivity (Wildman–Crippen MR) is 129 cm³/mol. The van der Waals surface area contributed by atoms with Crippen molar-refractivity contribution in [2.24, 2.45) is 4.99 Å². The minimum Gasteiger partial charge on any atom is -0.440 e. The van der Waals surface area contributed by atoms with Gasteiger partial charge in [-0.05, 0) is 69.5 Å². The molecule has 0 spiro atoms. The lowest BCUT2D eigenvalue weighted by molar-refractivity contribution is 0.0597. The highest BCUT2D eigenvalue weighted by Gasteiger charge is 2.34. The Morgan fingerprint density at radius 3 is 2.91 bits per heavy atom. The van der Waals surface area contributed by atoms with Crippen molar-refractivity contribution < 1.29 is 13.6 Å². The van der Waals surface area contributed by atoms with E-state index in [0.29, 0.717) is 23.7 Å². The monoisotopic (exact) mass is 445 g/mol. The Balaban J connectivity index is 1.65. The molecule has 2 heterocycles. The molecule has 1 aliphatic heterocycles. The van der Waals surface area contributed by atoms with Crippen molar-refractivity contribution in [3.05, 3.63) is 89.7 Å². The molecule has 1 amide bonds. The van der Waals surface area contributed by atoms with Gasteiger partial charge in [-0.1, -0.05) is 24.8 Å². The Labute approximate surface area is 193 Å². The second-order valence-electron chi connectivity index (χ2n) is 8.56. The molecular formula is C27H28FN3O2. The number of nitrogens with zero attached hydrogens (tertiary/aromatic N) is 3. The molecule has 3 aromatic rings. The van der Waals surface area contributed by atoms with Gasteiger partial charge >= 0.3 is 0 Å². The van der Waals surface area contributed by atoms with E-state index in [2.05, 4.69) is 11.6 Å². The quantitative estimate of drug-likeness (QED) is 0.347. The van der Waals surface area contributed by atoms with E-state index >= 15 is 0 Å². The van der Waals surface area contributed by atoms with Crippen molar-refractivity contribution in [3.63, 3.8) is 0 Å². The number of rotatable bonds is 5. The number of aromatic nitrogens is 1. The molecule has 6 heteroatoms. The molecule has 1 aliphatic rings. The molecule has 0 N–H and O–H groups in total. The smallest absolute Gasteiger partial charge is 0.254 e. The highest BCUT2D eigenvalue weighted by atomic mass is 19.1. The molecule has 1 aromatic heterocycles. The third-order valence-electron chi connectivity index (χ3n) is 6.15. The van der Waals surface area contributed by atoms with Crippen LogP contribution in [0.25, 0.3) is 11.1 Å². The maximum Gasteiger partial charge on any atom is 0.254 e. The summed E-state index contributed by atoms with van der Waals surface area (Å²) in [5.41, 5.74) is 3.67. The van der Waals surface area contributed by atoms with Crippen LogP contribution in [0.1, 0.15) is 60.0 Å². The zero-order valence-electron chi connectivity index (χ0n) is 19.2. The number of hydrogen-bond acceptors (Lipinski definition) is 4. The first-order chi connectivity index (χ1) is 15.9. The lowest BCUT2D eigenvalue weighted by Crippen LogP contribution is -2.45. The minimum absolute atomic E-state index is 0.0137. The summed E-state index contributed by atoms with van der Waals surface area (Å²) >= 11 is 0. The number of oxazole rings is 1. The number of fused-ring (bicyclic) bond motifs is 1. The van der Waals surface area contributed by atoms with Crippen LogP contribution < -0.4 is 0 Å². The molecule has 4 rings (SSSR count). The number of halogens is 1. The number of aryl methyl sites for hydroxylation is 1. The molecule has 0 bridgehead atoms. The van der Waals surface area contributed by atoms with E-state index < -0.39 is 5.82 Å². The first kappa shape index (κ1) is 22.6. The van der Waals surface area contributed by atoms with E-state index in [1.807, 2.05) is 32.0 Å². The Bertz CT molecular complexity index is 1260. The fourth-order valence-electron chi connectivity index (χ4n) is 4.33. The number of carbonyl (C=O) groups is 1. The van der Waals surface area contributed by atoms with E-state index in [1.54, 1.807) is 36.1 Å². The summed E-state index contributed by atoms with van der Waals surface area (Å²) in [5, 5.41) is 0. The largest absolute Gasteiger partial charge is 0.440 e. The number of hydrogen-bond donors (Lipinski definition) is 0. The molecule has 1 unspecified atom stereocenters. The van der Waals surface area contributed by atoms with E-state index in [-0.39, 0.29) is 23.4 Å². The molecular weight excluding hydrogens is 417 g/mol. The molecule has 0 saturated carbocycles. The Morgan fingerprint density at radius 1 is 1.30 bits per heavy atom. The van der Waals surface area contributed by atoms with Crippen LogP contribution in [0, 0.1) is 12.7 Å². The molecule has 2 aromatic carbocycles. The third-order valence-corrected chi connectivity index (χ3v) is 6.15. The van der Waals surface area contributed by atoms with E-state index in [0.717, 1.165) is 29.5 Å². The topological polar surface area (TPSA) is 58.7 Å². The van der Waals surface area contributed by atoms with Crippen LogP contribution in [-0.4, -0.2) is 34.1 Å². The molecule has 0 aliphatic carbocycles. The van der Waals surface area contributed by atoms with Crippen LogP contribution in [0.5, 0.6) is 0 Å².